The number of aliphatic carboxylic acids is 1. The molecule has 17 heavy (non-hydrogen) atoms. The van der Waals surface area contributed by atoms with Crippen LogP contribution in [0.3, 0.4) is 0 Å². The highest BCUT2D eigenvalue weighted by Gasteiger charge is 2.35. The second-order valence-corrected chi connectivity index (χ2v) is 4.39. The predicted molar refractivity (Wildman–Crippen MR) is 64.3 cm³/mol. The van der Waals surface area contributed by atoms with Gasteiger partial charge in [-0.1, -0.05) is 19.1 Å². The fourth-order valence-electron chi connectivity index (χ4n) is 1.65. The minimum Gasteiger partial charge on any atom is -0.480 e. The molecule has 0 saturated heterocycles. The second kappa shape index (κ2) is 5.27. The van der Waals surface area contributed by atoms with Gasteiger partial charge in [0.1, 0.15) is 11.4 Å². The standard InChI is InChI=1S/C13H18FNO2/c1-4-9(2)15-13(3,12(16)17)10-5-7-11(14)8-6-10/h5-9,15H,4H2,1-3H3,(H,16,17). The van der Waals surface area contributed by atoms with Crippen LogP contribution in [0, 0.1) is 5.82 Å². The fourth-order valence-corrected chi connectivity index (χ4v) is 1.65. The maximum atomic E-state index is 12.8. The molecule has 0 aliphatic heterocycles. The summed E-state index contributed by atoms with van der Waals surface area (Å²) in [5.74, 6) is -1.34. The highest BCUT2D eigenvalue weighted by Crippen LogP contribution is 2.22. The summed E-state index contributed by atoms with van der Waals surface area (Å²) in [6, 6.07) is 5.61. The quantitative estimate of drug-likeness (QED) is 0.830. The number of halogens is 1. The molecule has 0 aliphatic rings. The Morgan fingerprint density at radius 2 is 2.00 bits per heavy atom. The average Bonchev–Trinajstić information content (AvgIpc) is 2.29. The van der Waals surface area contributed by atoms with Gasteiger partial charge in [-0.3, -0.25) is 5.32 Å². The molecule has 2 N–H and O–H groups in total. The predicted octanol–water partition coefficient (Wildman–Crippen LogP) is 2.51. The van der Waals surface area contributed by atoms with Crippen LogP contribution in [0.15, 0.2) is 24.3 Å². The van der Waals surface area contributed by atoms with E-state index in [1.54, 1.807) is 6.92 Å². The molecule has 0 aliphatic carbocycles. The number of carbonyl (C=O) groups is 1. The van der Waals surface area contributed by atoms with Crippen molar-refractivity contribution in [3.63, 3.8) is 0 Å². The van der Waals surface area contributed by atoms with E-state index in [2.05, 4.69) is 5.32 Å². The molecule has 0 aromatic heterocycles. The summed E-state index contributed by atoms with van der Waals surface area (Å²) in [6.45, 7) is 5.49. The highest BCUT2D eigenvalue weighted by atomic mass is 19.1. The minimum atomic E-state index is -1.19. The molecule has 0 radical (unpaired) electrons. The molecular weight excluding hydrogens is 221 g/mol. The van der Waals surface area contributed by atoms with Crippen molar-refractivity contribution in [3.8, 4) is 0 Å². The zero-order valence-corrected chi connectivity index (χ0v) is 10.3. The van der Waals surface area contributed by atoms with Crippen LogP contribution in [0.4, 0.5) is 4.39 Å². The van der Waals surface area contributed by atoms with Crippen molar-refractivity contribution in [2.24, 2.45) is 0 Å². The Kier molecular flexibility index (Phi) is 4.23. The summed E-state index contributed by atoms with van der Waals surface area (Å²) >= 11 is 0. The largest absolute Gasteiger partial charge is 0.480 e. The van der Waals surface area contributed by atoms with Crippen LogP contribution >= 0.6 is 0 Å². The van der Waals surface area contributed by atoms with E-state index in [0.29, 0.717) is 5.56 Å². The Morgan fingerprint density at radius 3 is 2.41 bits per heavy atom. The molecule has 0 fully saturated rings. The van der Waals surface area contributed by atoms with Gasteiger partial charge in [-0.15, -0.1) is 0 Å². The molecule has 0 saturated carbocycles. The summed E-state index contributed by atoms with van der Waals surface area (Å²) in [5, 5.41) is 12.4. The lowest BCUT2D eigenvalue weighted by Gasteiger charge is -2.30. The van der Waals surface area contributed by atoms with Crippen molar-refractivity contribution < 1.29 is 14.3 Å². The Bertz CT molecular complexity index is 391. The minimum absolute atomic E-state index is 0.0705. The fraction of sp³-hybridized carbons (Fsp3) is 0.462. The summed E-state index contributed by atoms with van der Waals surface area (Å²) in [6.07, 6.45) is 0.823. The number of rotatable bonds is 5. The van der Waals surface area contributed by atoms with Gasteiger partial charge in [0.25, 0.3) is 0 Å². The van der Waals surface area contributed by atoms with Crippen molar-refractivity contribution in [1.82, 2.24) is 5.32 Å². The zero-order chi connectivity index (χ0) is 13.1. The molecular formula is C13H18FNO2. The number of benzene rings is 1. The maximum absolute atomic E-state index is 12.8. The van der Waals surface area contributed by atoms with Gasteiger partial charge < -0.3 is 5.11 Å². The van der Waals surface area contributed by atoms with Crippen LogP contribution in [0.5, 0.6) is 0 Å². The lowest BCUT2D eigenvalue weighted by Crippen LogP contribution is -2.50. The van der Waals surface area contributed by atoms with Gasteiger partial charge >= 0.3 is 5.97 Å². The van der Waals surface area contributed by atoms with Crippen molar-refractivity contribution in [3.05, 3.63) is 35.6 Å². The first-order valence-corrected chi connectivity index (χ1v) is 5.67. The Labute approximate surface area is 101 Å². The summed E-state index contributed by atoms with van der Waals surface area (Å²) < 4.78 is 12.8. The van der Waals surface area contributed by atoms with Gasteiger partial charge in [0.05, 0.1) is 0 Å². The Balaban J connectivity index is 3.07. The molecule has 0 spiro atoms. The van der Waals surface area contributed by atoms with E-state index in [9.17, 15) is 14.3 Å². The summed E-state index contributed by atoms with van der Waals surface area (Å²) in [5.41, 5.74) is -0.643. The van der Waals surface area contributed by atoms with Gasteiger partial charge in [0, 0.05) is 6.04 Å². The maximum Gasteiger partial charge on any atom is 0.328 e. The summed E-state index contributed by atoms with van der Waals surface area (Å²) in [7, 11) is 0. The second-order valence-electron chi connectivity index (χ2n) is 4.39. The van der Waals surface area contributed by atoms with E-state index < -0.39 is 11.5 Å². The molecule has 1 rings (SSSR count). The third kappa shape index (κ3) is 3.03. The number of hydrogen-bond donors (Lipinski definition) is 2. The molecule has 3 nitrogen and oxygen atoms in total. The number of carboxylic acids is 1. The number of hydrogen-bond acceptors (Lipinski definition) is 2. The average molecular weight is 239 g/mol. The van der Waals surface area contributed by atoms with Crippen LogP contribution in [0.2, 0.25) is 0 Å². The molecule has 1 aromatic carbocycles. The molecule has 94 valence electrons. The topological polar surface area (TPSA) is 49.3 Å². The molecule has 0 amide bonds. The van der Waals surface area contributed by atoms with Crippen LogP contribution in [-0.4, -0.2) is 17.1 Å². The van der Waals surface area contributed by atoms with Crippen molar-refractivity contribution in [1.29, 1.82) is 0 Å². The first kappa shape index (κ1) is 13.6. The van der Waals surface area contributed by atoms with Gasteiger partial charge in [-0.25, -0.2) is 9.18 Å². The third-order valence-electron chi connectivity index (χ3n) is 3.00. The van der Waals surface area contributed by atoms with E-state index >= 15 is 0 Å². The lowest BCUT2D eigenvalue weighted by atomic mass is 9.91. The van der Waals surface area contributed by atoms with Crippen LogP contribution in [0.1, 0.15) is 32.8 Å². The zero-order valence-electron chi connectivity index (χ0n) is 10.3. The Morgan fingerprint density at radius 1 is 1.47 bits per heavy atom. The molecule has 2 unspecified atom stereocenters. The summed E-state index contributed by atoms with van der Waals surface area (Å²) in [4.78, 5) is 11.4. The SMILES string of the molecule is CCC(C)NC(C)(C(=O)O)c1ccc(F)cc1. The van der Waals surface area contributed by atoms with Crippen LogP contribution in [0.25, 0.3) is 0 Å². The van der Waals surface area contributed by atoms with Crippen molar-refractivity contribution in [2.45, 2.75) is 38.8 Å². The molecule has 0 heterocycles. The number of carboxylic acid groups (broad SMARTS) is 1. The molecule has 1 aromatic rings. The molecule has 4 heteroatoms. The van der Waals surface area contributed by atoms with E-state index in [1.807, 2.05) is 13.8 Å². The van der Waals surface area contributed by atoms with Gasteiger partial charge in [0.15, 0.2) is 0 Å². The number of nitrogens with one attached hydrogen (secondary N) is 1. The van der Waals surface area contributed by atoms with E-state index in [1.165, 1.54) is 24.3 Å². The van der Waals surface area contributed by atoms with E-state index in [-0.39, 0.29) is 11.9 Å². The molecule has 0 bridgehead atoms. The van der Waals surface area contributed by atoms with Crippen LogP contribution in [-0.2, 0) is 10.3 Å². The lowest BCUT2D eigenvalue weighted by molar-refractivity contribution is -0.145. The normalized spacial score (nSPS) is 16.2. The smallest absolute Gasteiger partial charge is 0.328 e. The van der Waals surface area contributed by atoms with E-state index in [0.717, 1.165) is 6.42 Å². The Hall–Kier alpha value is -1.42. The van der Waals surface area contributed by atoms with E-state index in [4.69, 9.17) is 0 Å². The first-order chi connectivity index (χ1) is 7.90. The van der Waals surface area contributed by atoms with Crippen LogP contribution < -0.4 is 5.32 Å². The van der Waals surface area contributed by atoms with Crippen molar-refractivity contribution >= 4 is 5.97 Å². The van der Waals surface area contributed by atoms with Gasteiger partial charge in [-0.05, 0) is 38.0 Å². The highest BCUT2D eigenvalue weighted by molar-refractivity contribution is 5.80. The first-order valence-electron chi connectivity index (χ1n) is 5.67. The van der Waals surface area contributed by atoms with Gasteiger partial charge in [0.2, 0.25) is 0 Å². The van der Waals surface area contributed by atoms with Crippen molar-refractivity contribution in [2.75, 3.05) is 0 Å². The van der Waals surface area contributed by atoms with Gasteiger partial charge in [-0.2, -0.15) is 0 Å². The third-order valence-corrected chi connectivity index (χ3v) is 3.00. The monoisotopic (exact) mass is 239 g/mol. The molecule has 2 atom stereocenters.